The predicted octanol–water partition coefficient (Wildman–Crippen LogP) is 5.09. The average molecular weight is 717 g/mol. The molecule has 51 heavy (non-hydrogen) atoms. The second kappa shape index (κ2) is 13.1. The maximum Gasteiger partial charge on any atom is 0.360 e. The van der Waals surface area contributed by atoms with E-state index in [9.17, 15) is 19.5 Å². The molecule has 0 saturated carbocycles. The van der Waals surface area contributed by atoms with Crippen molar-refractivity contribution in [1.29, 1.82) is 0 Å². The van der Waals surface area contributed by atoms with Crippen LogP contribution in [0.3, 0.4) is 0 Å². The highest BCUT2D eigenvalue weighted by molar-refractivity contribution is 6.32. The molecule has 4 bridgehead atoms. The molecule has 7 rings (SSSR count). The summed E-state index contributed by atoms with van der Waals surface area (Å²) >= 11 is 7.02. The highest BCUT2D eigenvalue weighted by Gasteiger charge is 2.62. The Labute approximate surface area is 300 Å². The number of benzene rings is 2. The molecule has 4 aliphatic heterocycles. The quantitative estimate of drug-likeness (QED) is 0.253. The molecule has 6 atom stereocenters. The lowest BCUT2D eigenvalue weighted by molar-refractivity contribution is -0.135. The molecular formula is C38H41ClN4O8. The lowest BCUT2D eigenvalue weighted by atomic mass is 9.71. The van der Waals surface area contributed by atoms with Gasteiger partial charge in [0.25, 0.3) is 0 Å². The van der Waals surface area contributed by atoms with Crippen LogP contribution >= 0.6 is 11.6 Å². The van der Waals surface area contributed by atoms with Gasteiger partial charge >= 0.3 is 5.97 Å². The van der Waals surface area contributed by atoms with Crippen molar-refractivity contribution in [1.82, 2.24) is 15.6 Å². The third-order valence-electron chi connectivity index (χ3n) is 10.2. The maximum atomic E-state index is 14.2. The number of hydrogen-bond acceptors (Lipinski definition) is 10. The third-order valence-corrected chi connectivity index (χ3v) is 10.4. The first kappa shape index (κ1) is 34.6. The number of ether oxygens (including phenoxy) is 3. The minimum absolute atomic E-state index is 0.00813. The Morgan fingerprint density at radius 3 is 2.63 bits per heavy atom. The Morgan fingerprint density at radius 1 is 1.14 bits per heavy atom. The topological polar surface area (TPSA) is 161 Å². The number of halogens is 1. The molecule has 1 aromatic heterocycles. The fourth-order valence-corrected chi connectivity index (χ4v) is 7.76. The van der Waals surface area contributed by atoms with E-state index in [1.807, 2.05) is 57.2 Å². The number of oxazole rings is 1. The number of aromatic nitrogens is 1. The molecule has 2 amide bonds. The zero-order chi connectivity index (χ0) is 36.4. The van der Waals surface area contributed by atoms with E-state index in [1.165, 1.54) is 13.4 Å². The van der Waals surface area contributed by atoms with Gasteiger partial charge in [-0.15, -0.1) is 0 Å². The molecular weight excluding hydrogens is 676 g/mol. The van der Waals surface area contributed by atoms with Crippen LogP contribution in [0.1, 0.15) is 74.1 Å². The molecule has 268 valence electrons. The normalized spacial score (nSPS) is 25.5. The number of carbonyl (C=O) groups is 3. The molecule has 3 aromatic rings. The number of hydrogen-bond donors (Lipinski definition) is 4. The molecule has 0 fully saturated rings. The number of rotatable bonds is 6. The van der Waals surface area contributed by atoms with E-state index in [2.05, 4.69) is 20.9 Å². The number of esters is 1. The van der Waals surface area contributed by atoms with Crippen molar-refractivity contribution in [2.24, 2.45) is 17.8 Å². The van der Waals surface area contributed by atoms with Gasteiger partial charge in [0.2, 0.25) is 17.7 Å². The molecule has 4 aliphatic rings. The smallest absolute Gasteiger partial charge is 0.360 e. The molecule has 6 unspecified atom stereocenters. The van der Waals surface area contributed by atoms with E-state index in [4.69, 9.17) is 30.2 Å². The Kier molecular flexibility index (Phi) is 8.87. The molecule has 0 saturated heterocycles. The third kappa shape index (κ3) is 5.65. The number of allylic oxidation sites excluding steroid dienone is 2. The minimum Gasteiger partial charge on any atom is -0.467 e. The monoisotopic (exact) mass is 716 g/mol. The number of methoxy groups -OCH3 is 1. The summed E-state index contributed by atoms with van der Waals surface area (Å²) in [5.74, 6) is -0.959. The molecule has 0 aliphatic carbocycles. The number of nitrogens with zero attached hydrogens (tertiary/aromatic N) is 1. The van der Waals surface area contributed by atoms with Crippen molar-refractivity contribution < 1.29 is 38.1 Å². The van der Waals surface area contributed by atoms with Gasteiger partial charge < -0.3 is 39.7 Å². The van der Waals surface area contributed by atoms with Gasteiger partial charge in [0.1, 0.15) is 41.1 Å². The summed E-state index contributed by atoms with van der Waals surface area (Å²) in [5.41, 5.74) is 2.47. The van der Waals surface area contributed by atoms with Crippen molar-refractivity contribution in [2.45, 2.75) is 77.3 Å². The van der Waals surface area contributed by atoms with Crippen molar-refractivity contribution in [3.05, 3.63) is 93.6 Å². The number of nitrogens with one attached hydrogen (secondary N) is 3. The highest BCUT2D eigenvalue weighted by Crippen LogP contribution is 2.61. The fourth-order valence-electron chi connectivity index (χ4n) is 7.47. The number of aliphatic hydroxyl groups excluding tert-OH is 1. The number of fused-ring (bicyclic) bond motifs is 4. The summed E-state index contributed by atoms with van der Waals surface area (Å²) in [6.45, 7) is 9.42. The van der Waals surface area contributed by atoms with Crippen LogP contribution < -0.4 is 20.7 Å². The number of amides is 2. The van der Waals surface area contributed by atoms with E-state index in [0.717, 1.165) is 11.3 Å². The first-order valence-corrected chi connectivity index (χ1v) is 17.5. The van der Waals surface area contributed by atoms with Gasteiger partial charge in [0, 0.05) is 17.7 Å². The largest absolute Gasteiger partial charge is 0.467 e. The second-order valence-corrected chi connectivity index (χ2v) is 14.7. The number of anilines is 1. The molecule has 2 aromatic carbocycles. The minimum atomic E-state index is -1.31. The van der Waals surface area contributed by atoms with Gasteiger partial charge in [-0.25, -0.2) is 9.78 Å². The van der Waals surface area contributed by atoms with Gasteiger partial charge in [0.15, 0.2) is 11.9 Å². The first-order valence-electron chi connectivity index (χ1n) is 17.2. The Hall–Kier alpha value is -4.81. The van der Waals surface area contributed by atoms with Crippen LogP contribution in [0.2, 0.25) is 5.02 Å². The van der Waals surface area contributed by atoms with E-state index in [1.54, 1.807) is 19.9 Å². The summed E-state index contributed by atoms with van der Waals surface area (Å²) in [7, 11) is 1.28. The summed E-state index contributed by atoms with van der Waals surface area (Å²) in [5, 5.41) is 20.4. The van der Waals surface area contributed by atoms with Crippen LogP contribution in [-0.2, 0) is 30.9 Å². The van der Waals surface area contributed by atoms with Crippen molar-refractivity contribution in [3.8, 4) is 5.75 Å². The van der Waals surface area contributed by atoms with Crippen LogP contribution in [0.15, 0.2) is 64.7 Å². The van der Waals surface area contributed by atoms with Gasteiger partial charge in [-0.1, -0.05) is 70.5 Å². The number of carbonyl (C=O) groups excluding carboxylic acids is 3. The summed E-state index contributed by atoms with van der Waals surface area (Å²) in [6.07, 6.45) is 1.72. The molecule has 5 heterocycles. The maximum absolute atomic E-state index is 14.2. The van der Waals surface area contributed by atoms with Crippen LogP contribution in [0, 0.1) is 17.8 Å². The van der Waals surface area contributed by atoms with Crippen LogP contribution in [0.25, 0.3) is 5.57 Å². The number of aliphatic hydroxyl groups is 1. The predicted molar refractivity (Wildman–Crippen MR) is 188 cm³/mol. The fraction of sp³-hybridized carbons (Fsp3) is 0.421. The Morgan fingerprint density at radius 2 is 1.90 bits per heavy atom. The summed E-state index contributed by atoms with van der Waals surface area (Å²) in [4.78, 5) is 44.5. The SMILES string of the molecule is COC(=O)c1coc(C2=C3OC(=CCC2C)C(C(C)C)NC(=O)C(NC(=O)C(O)C(C)C)Cc2cc(Cl)c4c(c2)C32c3ccccc3NC2O4)n1. The van der Waals surface area contributed by atoms with Gasteiger partial charge in [0.05, 0.1) is 23.7 Å². The van der Waals surface area contributed by atoms with E-state index >= 15 is 0 Å². The summed E-state index contributed by atoms with van der Waals surface area (Å²) in [6, 6.07) is 9.82. The standard InChI is InChI=1S/C38H41ClN4O8/c1-17(2)29-27-12-11-19(5)28(35-41-26(16-49-35)36(47)48-6)32(50-27)38-21-9-7-8-10-24(21)42-37(38)51-31-22(38)13-20(14-23(31)39)15-25(33(45)43-29)40-34(46)30(44)18(3)4/h7-10,12-14,16-19,25,29-30,37,42,44H,11,15H2,1-6H3,(H,40,46)(H,43,45). The van der Waals surface area contributed by atoms with E-state index in [0.29, 0.717) is 45.4 Å². The van der Waals surface area contributed by atoms with Crippen molar-refractivity contribution >= 4 is 40.6 Å². The average Bonchev–Trinajstić information content (AvgIpc) is 3.76. The van der Waals surface area contributed by atoms with Crippen LogP contribution in [0.4, 0.5) is 5.69 Å². The number of para-hydroxylation sites is 1. The van der Waals surface area contributed by atoms with Gasteiger partial charge in [-0.3, -0.25) is 9.59 Å². The van der Waals surface area contributed by atoms with Gasteiger partial charge in [-0.2, -0.15) is 0 Å². The molecule has 13 heteroatoms. The van der Waals surface area contributed by atoms with Crippen molar-refractivity contribution in [3.63, 3.8) is 0 Å². The molecule has 12 nitrogen and oxygen atoms in total. The van der Waals surface area contributed by atoms with Crippen LogP contribution in [-0.4, -0.2) is 59.4 Å². The van der Waals surface area contributed by atoms with Crippen LogP contribution in [0.5, 0.6) is 5.75 Å². The zero-order valence-corrected chi connectivity index (χ0v) is 30.0. The lowest BCUT2D eigenvalue weighted by Crippen LogP contribution is -2.54. The van der Waals surface area contributed by atoms with Crippen molar-refractivity contribution in [2.75, 3.05) is 12.4 Å². The first-order chi connectivity index (χ1) is 24.3. The zero-order valence-electron chi connectivity index (χ0n) is 29.2. The van der Waals surface area contributed by atoms with Gasteiger partial charge in [-0.05, 0) is 53.5 Å². The molecule has 4 N–H and O–H groups in total. The highest BCUT2D eigenvalue weighted by atomic mass is 35.5. The van der Waals surface area contributed by atoms with E-state index < -0.39 is 47.6 Å². The van der Waals surface area contributed by atoms with E-state index in [-0.39, 0.29) is 35.8 Å². The molecule has 1 spiro atoms. The second-order valence-electron chi connectivity index (χ2n) is 14.3. The Balaban J connectivity index is 1.53. The Bertz CT molecular complexity index is 1990. The summed E-state index contributed by atoms with van der Waals surface area (Å²) < 4.78 is 24.8. The lowest BCUT2D eigenvalue weighted by Gasteiger charge is -2.36. The molecule has 0 radical (unpaired) electrons.